The van der Waals surface area contributed by atoms with Crippen molar-refractivity contribution < 1.29 is 4.79 Å². The molecule has 0 aliphatic rings. The number of carbonyl (C=O) groups is 1. The van der Waals surface area contributed by atoms with Gasteiger partial charge in [-0.3, -0.25) is 4.79 Å². The number of hydrogen-bond donors (Lipinski definition) is 1. The van der Waals surface area contributed by atoms with Crippen LogP contribution < -0.4 is 5.32 Å². The van der Waals surface area contributed by atoms with Crippen LogP contribution in [0.15, 0.2) is 41.0 Å². The van der Waals surface area contributed by atoms with Crippen molar-refractivity contribution in [3.63, 3.8) is 0 Å². The number of aryl methyl sites for hydroxylation is 1. The van der Waals surface area contributed by atoms with Gasteiger partial charge < -0.3 is 5.32 Å². The summed E-state index contributed by atoms with van der Waals surface area (Å²) in [4.78, 5) is 15.9. The molecule has 2 aromatic rings. The number of benzene rings is 1. The molecule has 92 valence electrons. The Labute approximate surface area is 118 Å². The summed E-state index contributed by atoms with van der Waals surface area (Å²) < 4.78 is 1.000. The molecule has 0 aliphatic carbocycles. The zero-order valence-corrected chi connectivity index (χ0v) is 11.9. The lowest BCUT2D eigenvalue weighted by Crippen LogP contribution is -2.12. The van der Waals surface area contributed by atoms with Gasteiger partial charge in [0.15, 0.2) is 0 Å². The van der Waals surface area contributed by atoms with Crippen molar-refractivity contribution in [1.29, 1.82) is 0 Å². The molecule has 1 aromatic heterocycles. The van der Waals surface area contributed by atoms with Gasteiger partial charge in [0, 0.05) is 16.4 Å². The molecule has 18 heavy (non-hydrogen) atoms. The highest BCUT2D eigenvalue weighted by Gasteiger charge is 2.11. The number of anilines is 1. The van der Waals surface area contributed by atoms with Crippen molar-refractivity contribution in [1.82, 2.24) is 4.98 Å². The van der Waals surface area contributed by atoms with Gasteiger partial charge >= 0.3 is 0 Å². The number of hydrogen-bond acceptors (Lipinski definition) is 2. The molecule has 0 saturated carbocycles. The second-order valence-corrected chi connectivity index (χ2v) is 4.97. The SMILES string of the molecule is Cc1cc(NC(=O)c2cccnc2Cl)ccc1Br. The van der Waals surface area contributed by atoms with Gasteiger partial charge in [0.2, 0.25) is 0 Å². The average molecular weight is 326 g/mol. The molecular formula is C13H10BrClN2O. The van der Waals surface area contributed by atoms with E-state index in [1.165, 1.54) is 0 Å². The molecule has 1 amide bonds. The summed E-state index contributed by atoms with van der Waals surface area (Å²) in [6.45, 7) is 1.96. The first-order chi connectivity index (χ1) is 8.58. The molecule has 0 fully saturated rings. The Bertz CT molecular complexity index is 601. The van der Waals surface area contributed by atoms with Crippen LogP contribution in [0.2, 0.25) is 5.15 Å². The number of nitrogens with one attached hydrogen (secondary N) is 1. The Hall–Kier alpha value is -1.39. The van der Waals surface area contributed by atoms with Crippen molar-refractivity contribution >= 4 is 39.1 Å². The van der Waals surface area contributed by atoms with Gasteiger partial charge in [0.05, 0.1) is 5.56 Å². The predicted molar refractivity (Wildman–Crippen MR) is 76.1 cm³/mol. The van der Waals surface area contributed by atoms with E-state index in [0.29, 0.717) is 5.56 Å². The molecule has 2 rings (SSSR count). The van der Waals surface area contributed by atoms with Gasteiger partial charge in [-0.05, 0) is 42.8 Å². The number of rotatable bonds is 2. The fraction of sp³-hybridized carbons (Fsp3) is 0.0769. The van der Waals surface area contributed by atoms with E-state index >= 15 is 0 Å². The van der Waals surface area contributed by atoms with Crippen molar-refractivity contribution in [2.45, 2.75) is 6.92 Å². The van der Waals surface area contributed by atoms with E-state index in [1.807, 2.05) is 25.1 Å². The van der Waals surface area contributed by atoms with E-state index in [0.717, 1.165) is 15.7 Å². The van der Waals surface area contributed by atoms with Crippen molar-refractivity contribution in [2.24, 2.45) is 0 Å². The number of nitrogens with zero attached hydrogens (tertiary/aromatic N) is 1. The smallest absolute Gasteiger partial charge is 0.258 e. The first-order valence-corrected chi connectivity index (χ1v) is 6.43. The van der Waals surface area contributed by atoms with Gasteiger partial charge in [-0.15, -0.1) is 0 Å². The lowest BCUT2D eigenvalue weighted by Gasteiger charge is -2.07. The Morgan fingerprint density at radius 1 is 1.39 bits per heavy atom. The zero-order valence-electron chi connectivity index (χ0n) is 9.58. The van der Waals surface area contributed by atoms with E-state index in [4.69, 9.17) is 11.6 Å². The average Bonchev–Trinajstić information content (AvgIpc) is 2.34. The molecule has 0 aliphatic heterocycles. The quantitative estimate of drug-likeness (QED) is 0.846. The molecule has 1 N–H and O–H groups in total. The maximum absolute atomic E-state index is 12.0. The normalized spacial score (nSPS) is 10.2. The zero-order chi connectivity index (χ0) is 13.1. The predicted octanol–water partition coefficient (Wildman–Crippen LogP) is 4.06. The van der Waals surface area contributed by atoms with Crippen LogP contribution in [0.25, 0.3) is 0 Å². The first kappa shape index (κ1) is 13.1. The standard InChI is InChI=1S/C13H10BrClN2O/c1-8-7-9(4-5-11(8)14)17-13(18)10-3-2-6-16-12(10)15/h2-7H,1H3,(H,17,18). The summed E-state index contributed by atoms with van der Waals surface area (Å²) in [7, 11) is 0. The number of aromatic nitrogens is 1. The minimum Gasteiger partial charge on any atom is -0.322 e. The number of carbonyl (C=O) groups excluding carboxylic acids is 1. The summed E-state index contributed by atoms with van der Waals surface area (Å²) in [6, 6.07) is 8.89. The van der Waals surface area contributed by atoms with Gasteiger partial charge in [-0.1, -0.05) is 27.5 Å². The molecule has 0 bridgehead atoms. The summed E-state index contributed by atoms with van der Waals surface area (Å²) >= 11 is 9.27. The van der Waals surface area contributed by atoms with E-state index in [1.54, 1.807) is 18.3 Å². The summed E-state index contributed by atoms with van der Waals surface area (Å²) in [5, 5.41) is 2.98. The van der Waals surface area contributed by atoms with Crippen LogP contribution in [0.1, 0.15) is 15.9 Å². The minimum atomic E-state index is -0.269. The summed E-state index contributed by atoms with van der Waals surface area (Å²) in [5.41, 5.74) is 2.13. The topological polar surface area (TPSA) is 42.0 Å². The highest BCUT2D eigenvalue weighted by atomic mass is 79.9. The lowest BCUT2D eigenvalue weighted by atomic mass is 10.2. The van der Waals surface area contributed by atoms with Crippen LogP contribution >= 0.6 is 27.5 Å². The highest BCUT2D eigenvalue weighted by molar-refractivity contribution is 9.10. The largest absolute Gasteiger partial charge is 0.322 e. The molecule has 1 heterocycles. The van der Waals surface area contributed by atoms with Gasteiger partial charge in [-0.2, -0.15) is 0 Å². The van der Waals surface area contributed by atoms with Crippen molar-refractivity contribution in [2.75, 3.05) is 5.32 Å². The maximum atomic E-state index is 12.0. The number of halogens is 2. The van der Waals surface area contributed by atoms with Crippen molar-refractivity contribution in [3.05, 3.63) is 57.3 Å². The molecule has 0 atom stereocenters. The molecule has 5 heteroatoms. The Morgan fingerprint density at radius 3 is 2.83 bits per heavy atom. The minimum absolute atomic E-state index is 0.198. The monoisotopic (exact) mass is 324 g/mol. The fourth-order valence-corrected chi connectivity index (χ4v) is 1.93. The molecule has 3 nitrogen and oxygen atoms in total. The van der Waals surface area contributed by atoms with Crippen LogP contribution in [0.5, 0.6) is 0 Å². The van der Waals surface area contributed by atoms with Crippen molar-refractivity contribution in [3.8, 4) is 0 Å². The third-order valence-electron chi connectivity index (χ3n) is 2.42. The second kappa shape index (κ2) is 5.50. The second-order valence-electron chi connectivity index (χ2n) is 3.76. The van der Waals surface area contributed by atoms with Gasteiger partial charge in [-0.25, -0.2) is 4.98 Å². The van der Waals surface area contributed by atoms with E-state index in [9.17, 15) is 4.79 Å². The fourth-order valence-electron chi connectivity index (χ4n) is 1.48. The van der Waals surface area contributed by atoms with Gasteiger partial charge in [0.25, 0.3) is 5.91 Å². The Morgan fingerprint density at radius 2 is 2.17 bits per heavy atom. The molecule has 0 unspecified atom stereocenters. The highest BCUT2D eigenvalue weighted by Crippen LogP contribution is 2.21. The van der Waals surface area contributed by atoms with Crippen LogP contribution in [0.4, 0.5) is 5.69 Å². The molecule has 0 saturated heterocycles. The summed E-state index contributed by atoms with van der Waals surface area (Å²) in [5.74, 6) is -0.269. The van der Waals surface area contributed by atoms with Crippen LogP contribution in [0, 0.1) is 6.92 Å². The van der Waals surface area contributed by atoms with E-state index in [-0.39, 0.29) is 11.1 Å². The maximum Gasteiger partial charge on any atom is 0.258 e. The van der Waals surface area contributed by atoms with Gasteiger partial charge in [0.1, 0.15) is 5.15 Å². The van der Waals surface area contributed by atoms with Crippen LogP contribution in [-0.2, 0) is 0 Å². The van der Waals surface area contributed by atoms with Crippen LogP contribution in [-0.4, -0.2) is 10.9 Å². The number of amides is 1. The van der Waals surface area contributed by atoms with E-state index < -0.39 is 0 Å². The van der Waals surface area contributed by atoms with E-state index in [2.05, 4.69) is 26.2 Å². The Kier molecular flexibility index (Phi) is 3.99. The molecule has 1 aromatic carbocycles. The molecule has 0 spiro atoms. The Balaban J connectivity index is 2.22. The first-order valence-electron chi connectivity index (χ1n) is 5.26. The summed E-state index contributed by atoms with van der Waals surface area (Å²) in [6.07, 6.45) is 1.54. The molecular weight excluding hydrogens is 316 g/mol. The number of pyridine rings is 1. The third kappa shape index (κ3) is 2.89. The third-order valence-corrected chi connectivity index (χ3v) is 3.61. The lowest BCUT2D eigenvalue weighted by molar-refractivity contribution is 0.102. The van der Waals surface area contributed by atoms with Crippen LogP contribution in [0.3, 0.4) is 0 Å². The molecule has 0 radical (unpaired) electrons.